The van der Waals surface area contributed by atoms with Crippen molar-refractivity contribution in [3.05, 3.63) is 69.8 Å². The highest BCUT2D eigenvalue weighted by molar-refractivity contribution is 6.34. The number of ether oxygens (including phenoxy) is 1. The van der Waals surface area contributed by atoms with Gasteiger partial charge in [0.2, 0.25) is 0 Å². The van der Waals surface area contributed by atoms with Gasteiger partial charge in [-0.05, 0) is 35.9 Å². The van der Waals surface area contributed by atoms with Crippen molar-refractivity contribution in [1.82, 2.24) is 5.43 Å². The Bertz CT molecular complexity index is 892. The number of primary amides is 1. The predicted molar refractivity (Wildman–Crippen MR) is 89.4 cm³/mol. The normalized spacial score (nSPS) is 10.3. The smallest absolute Gasteiger partial charge is 0.343 e. The third-order valence-electron chi connectivity index (χ3n) is 2.99. The third-order valence-corrected chi connectivity index (χ3v) is 2.99. The fraction of sp³-hybridized carbons (Fsp3) is 0. The number of amides is 2. The van der Waals surface area contributed by atoms with Crippen molar-refractivity contribution in [2.24, 2.45) is 10.8 Å². The zero-order chi connectivity index (χ0) is 19.1. The van der Waals surface area contributed by atoms with Crippen LogP contribution >= 0.6 is 0 Å². The quantitative estimate of drug-likeness (QED) is 0.201. The molecule has 0 aromatic heterocycles. The first-order valence-corrected chi connectivity index (χ1v) is 7.06. The SMILES string of the molecule is NC(=O)C(=O)N/N=C\c1ccc(OC(=O)c2cccc([N+](=O)[O-])c2)cc1. The molecule has 0 unspecified atom stereocenters. The molecule has 0 fully saturated rings. The summed E-state index contributed by atoms with van der Waals surface area (Å²) in [5, 5.41) is 14.3. The number of non-ortho nitro benzene ring substituents is 1. The summed E-state index contributed by atoms with van der Waals surface area (Å²) in [6, 6.07) is 11.2. The Kier molecular flexibility index (Phi) is 5.72. The van der Waals surface area contributed by atoms with E-state index in [0.717, 1.165) is 6.07 Å². The van der Waals surface area contributed by atoms with Gasteiger partial charge < -0.3 is 10.5 Å². The molecule has 0 saturated carbocycles. The lowest BCUT2D eigenvalue weighted by Gasteiger charge is -2.04. The molecular weight excluding hydrogens is 344 g/mol. The lowest BCUT2D eigenvalue weighted by atomic mass is 10.2. The average Bonchev–Trinajstić information content (AvgIpc) is 2.63. The van der Waals surface area contributed by atoms with Crippen LogP contribution in [0.2, 0.25) is 0 Å². The Morgan fingerprint density at radius 1 is 1.15 bits per heavy atom. The molecule has 2 amide bonds. The summed E-state index contributed by atoms with van der Waals surface area (Å²) in [6.45, 7) is 0. The van der Waals surface area contributed by atoms with E-state index in [1.165, 1.54) is 48.7 Å². The molecule has 0 saturated heterocycles. The number of hydrogen-bond donors (Lipinski definition) is 2. The number of hydrazone groups is 1. The number of esters is 1. The van der Waals surface area contributed by atoms with Crippen LogP contribution in [0.4, 0.5) is 5.69 Å². The van der Waals surface area contributed by atoms with Gasteiger partial charge in [-0.25, -0.2) is 10.2 Å². The molecule has 10 nitrogen and oxygen atoms in total. The highest BCUT2D eigenvalue weighted by Crippen LogP contribution is 2.17. The molecule has 0 aliphatic heterocycles. The molecule has 3 N–H and O–H groups in total. The summed E-state index contributed by atoms with van der Waals surface area (Å²) in [5.41, 5.74) is 7.04. The molecule has 0 radical (unpaired) electrons. The van der Waals surface area contributed by atoms with Gasteiger partial charge in [-0.2, -0.15) is 5.10 Å². The maximum absolute atomic E-state index is 12.0. The fourth-order valence-electron chi connectivity index (χ4n) is 1.75. The van der Waals surface area contributed by atoms with Gasteiger partial charge in [0.25, 0.3) is 5.69 Å². The molecule has 10 heteroatoms. The number of hydrogen-bond acceptors (Lipinski definition) is 7. The van der Waals surface area contributed by atoms with Crippen LogP contribution in [-0.2, 0) is 9.59 Å². The van der Waals surface area contributed by atoms with Crippen LogP contribution in [0.15, 0.2) is 53.6 Å². The van der Waals surface area contributed by atoms with Gasteiger partial charge in [0, 0.05) is 12.1 Å². The number of benzene rings is 2. The van der Waals surface area contributed by atoms with Gasteiger partial charge in [-0.3, -0.25) is 19.7 Å². The van der Waals surface area contributed by atoms with E-state index in [0.29, 0.717) is 5.56 Å². The second kappa shape index (κ2) is 8.15. The first-order valence-electron chi connectivity index (χ1n) is 7.06. The molecule has 2 rings (SSSR count). The molecule has 26 heavy (non-hydrogen) atoms. The van der Waals surface area contributed by atoms with E-state index in [2.05, 4.69) is 5.10 Å². The Balaban J connectivity index is 2.00. The van der Waals surface area contributed by atoms with Gasteiger partial charge in [0.1, 0.15) is 5.75 Å². The maximum atomic E-state index is 12.0. The second-order valence-electron chi connectivity index (χ2n) is 4.83. The van der Waals surface area contributed by atoms with Crippen molar-refractivity contribution in [3.8, 4) is 5.75 Å². The predicted octanol–water partition coefficient (Wildman–Crippen LogP) is 0.749. The number of rotatable bonds is 5. The Labute approximate surface area is 146 Å². The minimum atomic E-state index is -1.16. The van der Waals surface area contributed by atoms with Crippen molar-refractivity contribution in [1.29, 1.82) is 0 Å². The number of carbonyl (C=O) groups excluding carboxylic acids is 3. The summed E-state index contributed by atoms with van der Waals surface area (Å²) in [4.78, 5) is 43.6. The largest absolute Gasteiger partial charge is 0.423 e. The lowest BCUT2D eigenvalue weighted by Crippen LogP contribution is -2.32. The van der Waals surface area contributed by atoms with E-state index >= 15 is 0 Å². The molecule has 2 aromatic carbocycles. The van der Waals surface area contributed by atoms with Gasteiger partial charge in [0.05, 0.1) is 16.7 Å². The van der Waals surface area contributed by atoms with Crippen molar-refractivity contribution >= 4 is 29.7 Å². The maximum Gasteiger partial charge on any atom is 0.343 e. The van der Waals surface area contributed by atoms with E-state index in [-0.39, 0.29) is 17.0 Å². The molecular formula is C16H12N4O6. The van der Waals surface area contributed by atoms with Crippen molar-refractivity contribution in [2.45, 2.75) is 0 Å². The number of nitro benzene ring substituents is 1. The molecule has 132 valence electrons. The van der Waals surface area contributed by atoms with Gasteiger partial charge in [-0.1, -0.05) is 6.07 Å². The van der Waals surface area contributed by atoms with Crippen molar-refractivity contribution in [2.75, 3.05) is 0 Å². The van der Waals surface area contributed by atoms with Crippen molar-refractivity contribution < 1.29 is 24.0 Å². The monoisotopic (exact) mass is 356 g/mol. The van der Waals surface area contributed by atoms with Crippen LogP contribution in [-0.4, -0.2) is 28.9 Å². The lowest BCUT2D eigenvalue weighted by molar-refractivity contribution is -0.384. The van der Waals surface area contributed by atoms with Crippen LogP contribution in [0.25, 0.3) is 0 Å². The Hall–Kier alpha value is -4.08. The minimum Gasteiger partial charge on any atom is -0.423 e. The summed E-state index contributed by atoms with van der Waals surface area (Å²) >= 11 is 0. The van der Waals surface area contributed by atoms with Gasteiger partial charge >= 0.3 is 17.8 Å². The van der Waals surface area contributed by atoms with Gasteiger partial charge in [0.15, 0.2) is 0 Å². The first kappa shape index (κ1) is 18.3. The van der Waals surface area contributed by atoms with Crippen LogP contribution in [0.1, 0.15) is 15.9 Å². The van der Waals surface area contributed by atoms with E-state index in [4.69, 9.17) is 10.5 Å². The molecule has 0 aliphatic carbocycles. The van der Waals surface area contributed by atoms with E-state index in [1.807, 2.05) is 5.43 Å². The standard InChI is InChI=1S/C16H12N4O6/c17-14(21)15(22)19-18-9-10-4-6-13(7-5-10)26-16(23)11-2-1-3-12(8-11)20(24)25/h1-9H,(H2,17,21)(H,19,22)/b18-9-. The summed E-state index contributed by atoms with van der Waals surface area (Å²) in [5.74, 6) is -2.75. The molecule has 0 spiro atoms. The van der Waals surface area contributed by atoms with Crippen LogP contribution < -0.4 is 15.9 Å². The van der Waals surface area contributed by atoms with Crippen molar-refractivity contribution in [3.63, 3.8) is 0 Å². The third kappa shape index (κ3) is 4.96. The topological polar surface area (TPSA) is 154 Å². The number of carbonyl (C=O) groups is 3. The van der Waals surface area contributed by atoms with Crippen LogP contribution in [0.5, 0.6) is 5.75 Å². The molecule has 0 atom stereocenters. The molecule has 0 heterocycles. The fourth-order valence-corrected chi connectivity index (χ4v) is 1.75. The Morgan fingerprint density at radius 2 is 1.85 bits per heavy atom. The highest BCUT2D eigenvalue weighted by atomic mass is 16.6. The number of nitrogens with two attached hydrogens (primary N) is 1. The molecule has 2 aromatic rings. The zero-order valence-electron chi connectivity index (χ0n) is 13.1. The van der Waals surface area contributed by atoms with E-state index in [1.54, 1.807) is 0 Å². The number of nitrogens with one attached hydrogen (secondary N) is 1. The minimum absolute atomic E-state index is 0.0407. The molecule has 0 bridgehead atoms. The summed E-state index contributed by atoms with van der Waals surface area (Å²) in [6.07, 6.45) is 1.26. The van der Waals surface area contributed by atoms with E-state index < -0.39 is 22.7 Å². The van der Waals surface area contributed by atoms with Gasteiger partial charge in [-0.15, -0.1) is 0 Å². The summed E-state index contributed by atoms with van der Waals surface area (Å²) < 4.78 is 5.13. The average molecular weight is 356 g/mol. The van der Waals surface area contributed by atoms with Crippen LogP contribution in [0.3, 0.4) is 0 Å². The number of nitrogens with zero attached hydrogens (tertiary/aromatic N) is 2. The summed E-state index contributed by atoms with van der Waals surface area (Å²) in [7, 11) is 0. The van der Waals surface area contributed by atoms with Crippen LogP contribution in [0, 0.1) is 10.1 Å². The first-order chi connectivity index (χ1) is 12.4. The molecule has 0 aliphatic rings. The number of nitro groups is 1. The van der Waals surface area contributed by atoms with E-state index in [9.17, 15) is 24.5 Å². The second-order valence-corrected chi connectivity index (χ2v) is 4.83. The zero-order valence-corrected chi connectivity index (χ0v) is 13.1. The highest BCUT2D eigenvalue weighted by Gasteiger charge is 2.13. The Morgan fingerprint density at radius 3 is 2.46 bits per heavy atom.